The topological polar surface area (TPSA) is 83.6 Å². The van der Waals surface area contributed by atoms with Crippen LogP contribution >= 0.6 is 0 Å². The standard InChI is InChI=1S/C11H16F2N2O3S/c1-8-2-3-10(9(14)6-8)19(17,18)15(4-5-16)7-11(12)13/h2-3,6,11,16H,4-5,7,14H2,1H3. The van der Waals surface area contributed by atoms with Crippen molar-refractivity contribution in [2.45, 2.75) is 18.2 Å². The Morgan fingerprint density at radius 2 is 2.05 bits per heavy atom. The summed E-state index contributed by atoms with van der Waals surface area (Å²) in [6.07, 6.45) is -2.83. The number of aliphatic hydroxyl groups excluding tert-OH is 1. The third-order valence-electron chi connectivity index (χ3n) is 2.47. The number of alkyl halides is 2. The minimum atomic E-state index is -4.14. The summed E-state index contributed by atoms with van der Waals surface area (Å²) < 4.78 is 49.7. The maximum atomic E-state index is 12.4. The van der Waals surface area contributed by atoms with Crippen LogP contribution in [0.1, 0.15) is 5.56 Å². The average molecular weight is 294 g/mol. The quantitative estimate of drug-likeness (QED) is 0.761. The van der Waals surface area contributed by atoms with Crippen LogP contribution in [0.15, 0.2) is 23.1 Å². The SMILES string of the molecule is Cc1ccc(S(=O)(=O)N(CCO)CC(F)F)c(N)c1. The molecule has 0 amide bonds. The Labute approximate surface area is 110 Å². The van der Waals surface area contributed by atoms with Crippen molar-refractivity contribution in [2.75, 3.05) is 25.4 Å². The molecule has 0 saturated carbocycles. The number of nitrogens with zero attached hydrogens (tertiary/aromatic N) is 1. The van der Waals surface area contributed by atoms with Crippen molar-refractivity contribution in [3.05, 3.63) is 23.8 Å². The Kier molecular flexibility index (Phi) is 5.21. The highest BCUT2D eigenvalue weighted by Crippen LogP contribution is 2.23. The lowest BCUT2D eigenvalue weighted by Gasteiger charge is -2.21. The van der Waals surface area contributed by atoms with E-state index < -0.39 is 36.1 Å². The van der Waals surface area contributed by atoms with Gasteiger partial charge in [0.1, 0.15) is 4.90 Å². The highest BCUT2D eigenvalue weighted by atomic mass is 32.2. The molecule has 0 spiro atoms. The van der Waals surface area contributed by atoms with Gasteiger partial charge >= 0.3 is 0 Å². The lowest BCUT2D eigenvalue weighted by molar-refractivity contribution is 0.113. The number of sulfonamides is 1. The van der Waals surface area contributed by atoms with Gasteiger partial charge in [-0.3, -0.25) is 0 Å². The van der Waals surface area contributed by atoms with Gasteiger partial charge in [0.2, 0.25) is 10.0 Å². The third kappa shape index (κ3) is 3.85. The van der Waals surface area contributed by atoms with E-state index in [9.17, 15) is 17.2 Å². The van der Waals surface area contributed by atoms with Crippen molar-refractivity contribution in [2.24, 2.45) is 0 Å². The fourth-order valence-electron chi connectivity index (χ4n) is 1.62. The second-order valence-corrected chi connectivity index (χ2v) is 5.93. The second kappa shape index (κ2) is 6.27. The molecule has 0 radical (unpaired) electrons. The molecule has 1 aromatic rings. The van der Waals surface area contributed by atoms with Crippen LogP contribution in [0, 0.1) is 6.92 Å². The van der Waals surface area contributed by atoms with Gasteiger partial charge in [0.05, 0.1) is 18.8 Å². The van der Waals surface area contributed by atoms with Crippen molar-refractivity contribution < 1.29 is 22.3 Å². The molecule has 8 heteroatoms. The van der Waals surface area contributed by atoms with Crippen LogP contribution < -0.4 is 5.73 Å². The Hall–Kier alpha value is -1.25. The maximum absolute atomic E-state index is 12.4. The van der Waals surface area contributed by atoms with Crippen LogP contribution in [0.2, 0.25) is 0 Å². The molecule has 0 aliphatic heterocycles. The first-order valence-corrected chi connectivity index (χ1v) is 6.98. The van der Waals surface area contributed by atoms with Gasteiger partial charge in [0.15, 0.2) is 0 Å². The Balaban J connectivity index is 3.18. The van der Waals surface area contributed by atoms with Gasteiger partial charge in [-0.2, -0.15) is 4.31 Å². The molecule has 1 rings (SSSR count). The van der Waals surface area contributed by atoms with Crippen LogP contribution in [0.5, 0.6) is 0 Å². The first kappa shape index (κ1) is 15.8. The largest absolute Gasteiger partial charge is 0.398 e. The van der Waals surface area contributed by atoms with Gasteiger partial charge < -0.3 is 10.8 Å². The second-order valence-electron chi connectivity index (χ2n) is 4.02. The van der Waals surface area contributed by atoms with E-state index in [2.05, 4.69) is 0 Å². The van der Waals surface area contributed by atoms with Gasteiger partial charge in [0, 0.05) is 6.54 Å². The molecule has 0 bridgehead atoms. The van der Waals surface area contributed by atoms with Crippen LogP contribution in [0.4, 0.5) is 14.5 Å². The van der Waals surface area contributed by atoms with Gasteiger partial charge in [-0.05, 0) is 24.6 Å². The molecule has 1 aromatic carbocycles. The van der Waals surface area contributed by atoms with E-state index >= 15 is 0 Å². The summed E-state index contributed by atoms with van der Waals surface area (Å²) in [4.78, 5) is -0.229. The number of halogens is 2. The molecule has 0 saturated heterocycles. The molecule has 0 heterocycles. The van der Waals surface area contributed by atoms with E-state index in [0.717, 1.165) is 5.56 Å². The van der Waals surface area contributed by atoms with E-state index in [-0.39, 0.29) is 10.6 Å². The zero-order chi connectivity index (χ0) is 14.6. The number of aryl methyl sites for hydroxylation is 1. The van der Waals surface area contributed by atoms with Crippen molar-refractivity contribution in [3.63, 3.8) is 0 Å². The molecule has 19 heavy (non-hydrogen) atoms. The van der Waals surface area contributed by atoms with Crippen molar-refractivity contribution in [1.82, 2.24) is 4.31 Å². The summed E-state index contributed by atoms with van der Waals surface area (Å²) in [7, 11) is -4.14. The Morgan fingerprint density at radius 3 is 2.53 bits per heavy atom. The monoisotopic (exact) mass is 294 g/mol. The van der Waals surface area contributed by atoms with Crippen LogP contribution in [-0.4, -0.2) is 44.0 Å². The number of nitrogens with two attached hydrogens (primary N) is 1. The Morgan fingerprint density at radius 1 is 1.42 bits per heavy atom. The fourth-order valence-corrected chi connectivity index (χ4v) is 3.12. The first-order valence-electron chi connectivity index (χ1n) is 5.54. The number of nitrogen functional groups attached to an aromatic ring is 1. The lowest BCUT2D eigenvalue weighted by Crippen LogP contribution is -2.37. The smallest absolute Gasteiger partial charge is 0.252 e. The summed E-state index contributed by atoms with van der Waals surface area (Å²) in [6, 6.07) is 4.25. The molecular weight excluding hydrogens is 278 g/mol. The van der Waals surface area contributed by atoms with E-state index in [1.807, 2.05) is 0 Å². The molecule has 3 N–H and O–H groups in total. The predicted molar refractivity (Wildman–Crippen MR) is 67.4 cm³/mol. The van der Waals surface area contributed by atoms with Gasteiger partial charge in [0.25, 0.3) is 6.43 Å². The molecule has 108 valence electrons. The number of rotatable bonds is 6. The molecule has 0 atom stereocenters. The zero-order valence-electron chi connectivity index (χ0n) is 10.4. The maximum Gasteiger partial charge on any atom is 0.252 e. The molecule has 0 fully saturated rings. The van der Waals surface area contributed by atoms with Crippen molar-refractivity contribution in [3.8, 4) is 0 Å². The summed E-state index contributed by atoms with van der Waals surface area (Å²) in [6.45, 7) is -0.189. The van der Waals surface area contributed by atoms with Gasteiger partial charge in [-0.1, -0.05) is 6.07 Å². The number of hydrogen-bond acceptors (Lipinski definition) is 4. The fraction of sp³-hybridized carbons (Fsp3) is 0.455. The summed E-state index contributed by atoms with van der Waals surface area (Å²) in [5.74, 6) is 0. The lowest BCUT2D eigenvalue weighted by atomic mass is 10.2. The van der Waals surface area contributed by atoms with E-state index in [1.165, 1.54) is 18.2 Å². The summed E-state index contributed by atoms with van der Waals surface area (Å²) >= 11 is 0. The molecule has 0 unspecified atom stereocenters. The van der Waals surface area contributed by atoms with Crippen LogP contribution in [0.25, 0.3) is 0 Å². The minimum Gasteiger partial charge on any atom is -0.398 e. The van der Waals surface area contributed by atoms with E-state index in [0.29, 0.717) is 4.31 Å². The average Bonchev–Trinajstić information content (AvgIpc) is 2.27. The Bertz CT molecular complexity index is 535. The molecule has 0 aliphatic carbocycles. The van der Waals surface area contributed by atoms with E-state index in [1.54, 1.807) is 6.92 Å². The molecular formula is C11H16F2N2O3S. The van der Waals surface area contributed by atoms with Crippen molar-refractivity contribution in [1.29, 1.82) is 0 Å². The van der Waals surface area contributed by atoms with Gasteiger partial charge in [-0.15, -0.1) is 0 Å². The first-order chi connectivity index (χ1) is 8.78. The van der Waals surface area contributed by atoms with Gasteiger partial charge in [-0.25, -0.2) is 17.2 Å². The van der Waals surface area contributed by atoms with Crippen molar-refractivity contribution >= 4 is 15.7 Å². The summed E-state index contributed by atoms with van der Waals surface area (Å²) in [5, 5.41) is 8.79. The third-order valence-corrected chi connectivity index (χ3v) is 4.41. The highest BCUT2D eigenvalue weighted by molar-refractivity contribution is 7.89. The highest BCUT2D eigenvalue weighted by Gasteiger charge is 2.28. The van der Waals surface area contributed by atoms with Crippen LogP contribution in [0.3, 0.4) is 0 Å². The number of benzene rings is 1. The normalized spacial score (nSPS) is 12.3. The van der Waals surface area contributed by atoms with Crippen LogP contribution in [-0.2, 0) is 10.0 Å². The zero-order valence-corrected chi connectivity index (χ0v) is 11.2. The summed E-state index contributed by atoms with van der Waals surface area (Å²) in [5.41, 5.74) is 6.38. The number of aliphatic hydroxyl groups is 1. The molecule has 0 aromatic heterocycles. The molecule has 0 aliphatic rings. The predicted octanol–water partition coefficient (Wildman–Crippen LogP) is 0.825. The number of anilines is 1. The minimum absolute atomic E-state index is 0.00259. The number of hydrogen-bond donors (Lipinski definition) is 2. The van der Waals surface area contributed by atoms with E-state index in [4.69, 9.17) is 10.8 Å². The molecule has 5 nitrogen and oxygen atoms in total.